The molecule has 0 bridgehead atoms. The van der Waals surface area contributed by atoms with Crippen molar-refractivity contribution in [3.8, 4) is 0 Å². The summed E-state index contributed by atoms with van der Waals surface area (Å²) < 4.78 is 1.88. The third-order valence-electron chi connectivity index (χ3n) is 4.67. The van der Waals surface area contributed by atoms with E-state index in [1.54, 1.807) is 30.3 Å². The molecule has 0 aliphatic carbocycles. The minimum atomic E-state index is -0.357. The van der Waals surface area contributed by atoms with Gasteiger partial charge in [0.15, 0.2) is 11.0 Å². The van der Waals surface area contributed by atoms with E-state index >= 15 is 0 Å². The van der Waals surface area contributed by atoms with Crippen LogP contribution in [0.4, 0.5) is 5.69 Å². The predicted octanol–water partition coefficient (Wildman–Crippen LogP) is 5.14. The molecule has 1 heterocycles. The van der Waals surface area contributed by atoms with Crippen LogP contribution in [-0.2, 0) is 11.3 Å². The monoisotopic (exact) mass is 491 g/mol. The van der Waals surface area contributed by atoms with Crippen molar-refractivity contribution < 1.29 is 9.59 Å². The number of anilines is 1. The first kappa shape index (κ1) is 24.1. The molecular formula is C22H23Cl2N5O2S. The zero-order valence-corrected chi connectivity index (χ0v) is 20.2. The van der Waals surface area contributed by atoms with Gasteiger partial charge in [-0.2, -0.15) is 0 Å². The molecule has 168 valence electrons. The quantitative estimate of drug-likeness (QED) is 0.426. The van der Waals surface area contributed by atoms with Crippen LogP contribution < -0.4 is 10.6 Å². The van der Waals surface area contributed by atoms with Crippen molar-refractivity contribution in [3.63, 3.8) is 0 Å². The fourth-order valence-corrected chi connectivity index (χ4v) is 4.15. The molecule has 0 spiro atoms. The molecule has 2 aromatic carbocycles. The maximum absolute atomic E-state index is 12.5. The molecule has 0 radical (unpaired) electrons. The summed E-state index contributed by atoms with van der Waals surface area (Å²) in [5.41, 5.74) is 2.12. The second-order valence-corrected chi connectivity index (χ2v) is 8.81. The van der Waals surface area contributed by atoms with Gasteiger partial charge in [0.05, 0.1) is 27.5 Å². The van der Waals surface area contributed by atoms with Crippen LogP contribution in [0.15, 0.2) is 47.6 Å². The molecule has 0 fully saturated rings. The molecule has 10 heteroatoms. The second-order valence-electron chi connectivity index (χ2n) is 7.08. The summed E-state index contributed by atoms with van der Waals surface area (Å²) in [6, 6.07) is 12.0. The summed E-state index contributed by atoms with van der Waals surface area (Å²) >= 11 is 13.4. The van der Waals surface area contributed by atoms with Gasteiger partial charge >= 0.3 is 0 Å². The number of hydrogen-bond donors (Lipinski definition) is 2. The van der Waals surface area contributed by atoms with Crippen LogP contribution >= 0.6 is 35.0 Å². The van der Waals surface area contributed by atoms with E-state index in [0.717, 1.165) is 5.56 Å². The molecule has 2 N–H and O–H groups in total. The van der Waals surface area contributed by atoms with Crippen LogP contribution in [0, 0.1) is 6.92 Å². The van der Waals surface area contributed by atoms with E-state index in [1.165, 1.54) is 11.8 Å². The second kappa shape index (κ2) is 10.8. The molecule has 2 amide bonds. The van der Waals surface area contributed by atoms with Crippen molar-refractivity contribution in [2.45, 2.75) is 38.5 Å². The molecule has 3 rings (SSSR count). The first-order chi connectivity index (χ1) is 15.3. The van der Waals surface area contributed by atoms with Crippen LogP contribution in [0.25, 0.3) is 0 Å². The third kappa shape index (κ3) is 5.82. The van der Waals surface area contributed by atoms with E-state index in [-0.39, 0.29) is 23.6 Å². The maximum Gasteiger partial charge on any atom is 0.251 e. The molecule has 0 saturated carbocycles. The van der Waals surface area contributed by atoms with Crippen molar-refractivity contribution in [1.29, 1.82) is 0 Å². The number of amides is 2. The van der Waals surface area contributed by atoms with Gasteiger partial charge in [-0.1, -0.05) is 58.7 Å². The summed E-state index contributed by atoms with van der Waals surface area (Å²) in [5, 5.41) is 15.4. The van der Waals surface area contributed by atoms with Gasteiger partial charge in [-0.05, 0) is 45.0 Å². The Bertz CT molecular complexity index is 1120. The summed E-state index contributed by atoms with van der Waals surface area (Å²) in [6.07, 6.45) is 0. The van der Waals surface area contributed by atoms with Crippen molar-refractivity contribution in [2.75, 3.05) is 11.1 Å². The molecular weight excluding hydrogens is 469 g/mol. The van der Waals surface area contributed by atoms with Gasteiger partial charge in [-0.15, -0.1) is 10.2 Å². The predicted molar refractivity (Wildman–Crippen MR) is 129 cm³/mol. The van der Waals surface area contributed by atoms with Gasteiger partial charge in [-0.3, -0.25) is 9.59 Å². The Hall–Kier alpha value is -2.55. The van der Waals surface area contributed by atoms with E-state index in [2.05, 4.69) is 20.8 Å². The van der Waals surface area contributed by atoms with Crippen molar-refractivity contribution in [1.82, 2.24) is 20.1 Å². The Morgan fingerprint density at radius 3 is 2.53 bits per heavy atom. The normalized spacial score (nSPS) is 11.8. The lowest BCUT2D eigenvalue weighted by Gasteiger charge is -2.15. The highest BCUT2D eigenvalue weighted by molar-refractivity contribution is 7.99. The summed E-state index contributed by atoms with van der Waals surface area (Å²) in [4.78, 5) is 24.9. The van der Waals surface area contributed by atoms with E-state index < -0.39 is 0 Å². The van der Waals surface area contributed by atoms with Gasteiger partial charge in [0.1, 0.15) is 0 Å². The number of nitrogens with one attached hydrogen (secondary N) is 2. The highest BCUT2D eigenvalue weighted by atomic mass is 35.5. The number of aryl methyl sites for hydroxylation is 1. The Morgan fingerprint density at radius 1 is 1.12 bits per heavy atom. The first-order valence-corrected chi connectivity index (χ1v) is 11.7. The summed E-state index contributed by atoms with van der Waals surface area (Å²) in [5.74, 6) is 0.307. The topological polar surface area (TPSA) is 88.9 Å². The maximum atomic E-state index is 12.5. The number of benzene rings is 2. The van der Waals surface area contributed by atoms with Crippen LogP contribution in [0.2, 0.25) is 10.0 Å². The number of carbonyl (C=O) groups is 2. The minimum absolute atomic E-state index is 0.116. The molecule has 3 aromatic rings. The van der Waals surface area contributed by atoms with Crippen LogP contribution in [0.1, 0.15) is 41.6 Å². The third-order valence-corrected chi connectivity index (χ3v) is 6.45. The standard InChI is InChI=1S/C22H23Cl2N5O2S/c1-4-29-20(14(3)25-21(31)15-10-8-13(2)9-11-15)27-28-22(29)32-12-18(30)26-17-7-5-6-16(23)19(17)24/h5-11,14H,4,12H2,1-3H3,(H,25,31)(H,26,30)/t14-/m1/s1. The lowest BCUT2D eigenvalue weighted by atomic mass is 10.1. The number of nitrogens with zero attached hydrogens (tertiary/aromatic N) is 3. The zero-order chi connectivity index (χ0) is 23.3. The zero-order valence-electron chi connectivity index (χ0n) is 17.9. The SMILES string of the molecule is CCn1c(SCC(=O)Nc2cccc(Cl)c2Cl)nnc1[C@@H](C)NC(=O)c1ccc(C)cc1. The number of hydrogen-bond acceptors (Lipinski definition) is 5. The Labute approximate surface area is 200 Å². The highest BCUT2D eigenvalue weighted by Crippen LogP contribution is 2.30. The van der Waals surface area contributed by atoms with Gasteiger partial charge in [0, 0.05) is 12.1 Å². The lowest BCUT2D eigenvalue weighted by Crippen LogP contribution is -2.28. The van der Waals surface area contributed by atoms with E-state index in [1.807, 2.05) is 37.5 Å². The fourth-order valence-electron chi connectivity index (χ4n) is 2.99. The average molecular weight is 492 g/mol. The number of carbonyl (C=O) groups excluding carboxylic acids is 2. The molecule has 7 nitrogen and oxygen atoms in total. The number of rotatable bonds is 8. The van der Waals surface area contributed by atoms with Gasteiger partial charge in [-0.25, -0.2) is 0 Å². The molecule has 32 heavy (non-hydrogen) atoms. The first-order valence-electron chi connectivity index (χ1n) is 9.97. The van der Waals surface area contributed by atoms with E-state index in [4.69, 9.17) is 23.2 Å². The number of thioether (sulfide) groups is 1. The Kier molecular flexibility index (Phi) is 8.17. The number of aromatic nitrogens is 3. The average Bonchev–Trinajstić information content (AvgIpc) is 3.19. The fraction of sp³-hybridized carbons (Fsp3) is 0.273. The Balaban J connectivity index is 1.63. The molecule has 0 unspecified atom stereocenters. The van der Waals surface area contributed by atoms with Gasteiger partial charge in [0.25, 0.3) is 5.91 Å². The van der Waals surface area contributed by atoms with Crippen LogP contribution in [-0.4, -0.2) is 32.3 Å². The molecule has 1 atom stereocenters. The van der Waals surface area contributed by atoms with Crippen molar-refractivity contribution >= 4 is 52.5 Å². The molecule has 0 aliphatic heterocycles. The van der Waals surface area contributed by atoms with Gasteiger partial charge in [0.2, 0.25) is 5.91 Å². The number of halogens is 2. The van der Waals surface area contributed by atoms with Gasteiger partial charge < -0.3 is 15.2 Å². The summed E-state index contributed by atoms with van der Waals surface area (Å²) in [7, 11) is 0. The van der Waals surface area contributed by atoms with E-state index in [0.29, 0.717) is 38.8 Å². The van der Waals surface area contributed by atoms with E-state index in [9.17, 15) is 9.59 Å². The highest BCUT2D eigenvalue weighted by Gasteiger charge is 2.20. The van der Waals surface area contributed by atoms with Crippen LogP contribution in [0.5, 0.6) is 0 Å². The molecule has 0 saturated heterocycles. The van der Waals surface area contributed by atoms with Crippen LogP contribution in [0.3, 0.4) is 0 Å². The molecule has 1 aromatic heterocycles. The van der Waals surface area contributed by atoms with Crippen molar-refractivity contribution in [3.05, 3.63) is 69.5 Å². The minimum Gasteiger partial charge on any atom is -0.342 e. The largest absolute Gasteiger partial charge is 0.342 e. The van der Waals surface area contributed by atoms with Crippen molar-refractivity contribution in [2.24, 2.45) is 0 Å². The summed E-state index contributed by atoms with van der Waals surface area (Å²) in [6.45, 7) is 6.37. The smallest absolute Gasteiger partial charge is 0.251 e. The lowest BCUT2D eigenvalue weighted by molar-refractivity contribution is -0.113. The molecule has 0 aliphatic rings. The Morgan fingerprint density at radius 2 is 1.84 bits per heavy atom.